The Kier molecular flexibility index (Phi) is 7.42. The van der Waals surface area contributed by atoms with Gasteiger partial charge < -0.3 is 14.7 Å². The van der Waals surface area contributed by atoms with E-state index in [4.69, 9.17) is 0 Å². The van der Waals surface area contributed by atoms with Crippen LogP contribution < -0.4 is 4.90 Å². The summed E-state index contributed by atoms with van der Waals surface area (Å²) in [6.45, 7) is 11.5. The highest BCUT2D eigenvalue weighted by Crippen LogP contribution is 2.33. The highest BCUT2D eigenvalue weighted by Gasteiger charge is 2.30. The van der Waals surface area contributed by atoms with Gasteiger partial charge in [0.15, 0.2) is 0 Å². The molecule has 1 aromatic carbocycles. The average molecular weight is 514 g/mol. The molecule has 3 aliphatic rings. The van der Waals surface area contributed by atoms with Gasteiger partial charge in [0.05, 0.1) is 11.2 Å². The van der Waals surface area contributed by atoms with Crippen LogP contribution in [0.1, 0.15) is 63.9 Å². The number of hydrogen-bond acceptors (Lipinski definition) is 4. The highest BCUT2D eigenvalue weighted by atomic mass is 16.2. The predicted octanol–water partition coefficient (Wildman–Crippen LogP) is 5.68. The third-order valence-electron chi connectivity index (χ3n) is 9.53. The third kappa shape index (κ3) is 5.20. The van der Waals surface area contributed by atoms with Gasteiger partial charge in [-0.2, -0.15) is 5.10 Å². The lowest BCUT2D eigenvalue weighted by Crippen LogP contribution is -2.50. The molecule has 1 saturated carbocycles. The van der Waals surface area contributed by atoms with E-state index < -0.39 is 0 Å². The second-order valence-corrected chi connectivity index (χ2v) is 11.9. The van der Waals surface area contributed by atoms with Gasteiger partial charge in [-0.25, -0.2) is 4.52 Å². The Bertz CT molecular complexity index is 1230. The van der Waals surface area contributed by atoms with Crippen LogP contribution in [-0.4, -0.2) is 71.1 Å². The molecular formula is C32H43N5O. The molecule has 6 heteroatoms. The Hall–Kier alpha value is -2.86. The number of benzene rings is 1. The number of fused-ring (bicyclic) bond motifs is 1. The first-order valence-electron chi connectivity index (χ1n) is 14.9. The van der Waals surface area contributed by atoms with Gasteiger partial charge >= 0.3 is 0 Å². The van der Waals surface area contributed by atoms with Crippen LogP contribution >= 0.6 is 0 Å². The Morgan fingerprint density at radius 1 is 0.868 bits per heavy atom. The Morgan fingerprint density at radius 3 is 2.26 bits per heavy atom. The summed E-state index contributed by atoms with van der Waals surface area (Å²) in [5.74, 6) is 2.09. The maximum atomic E-state index is 13.1. The first-order chi connectivity index (χ1) is 18.6. The molecular weight excluding hydrogens is 470 g/mol. The van der Waals surface area contributed by atoms with Crippen molar-refractivity contribution in [3.8, 4) is 11.1 Å². The van der Waals surface area contributed by atoms with Crippen molar-refractivity contribution in [2.75, 3.05) is 50.7 Å². The fourth-order valence-corrected chi connectivity index (χ4v) is 6.89. The number of rotatable bonds is 5. The van der Waals surface area contributed by atoms with E-state index in [1.165, 1.54) is 61.2 Å². The number of aromatic nitrogens is 2. The van der Waals surface area contributed by atoms with Gasteiger partial charge in [-0.05, 0) is 93.3 Å². The first-order valence-corrected chi connectivity index (χ1v) is 14.9. The van der Waals surface area contributed by atoms with Gasteiger partial charge in [0.25, 0.3) is 0 Å². The molecule has 202 valence electrons. The average Bonchev–Trinajstić information content (AvgIpc) is 3.42. The van der Waals surface area contributed by atoms with Crippen LogP contribution in [-0.2, 0) is 4.79 Å². The zero-order valence-corrected chi connectivity index (χ0v) is 23.2. The van der Waals surface area contributed by atoms with Crippen molar-refractivity contribution in [3.05, 3.63) is 54.4 Å². The van der Waals surface area contributed by atoms with Crippen molar-refractivity contribution in [2.24, 2.45) is 11.8 Å². The fourth-order valence-electron chi connectivity index (χ4n) is 6.89. The zero-order chi connectivity index (χ0) is 26.1. The van der Waals surface area contributed by atoms with Gasteiger partial charge in [0.1, 0.15) is 0 Å². The summed E-state index contributed by atoms with van der Waals surface area (Å²) in [5.41, 5.74) is 6.27. The molecule has 4 heterocycles. The van der Waals surface area contributed by atoms with E-state index in [2.05, 4.69) is 76.2 Å². The molecule has 0 radical (unpaired) electrons. The van der Waals surface area contributed by atoms with Crippen LogP contribution in [0.4, 0.5) is 5.69 Å². The molecule has 0 N–H and O–H groups in total. The number of amides is 1. The molecule has 3 fully saturated rings. The molecule has 0 atom stereocenters. The molecule has 1 amide bonds. The molecule has 1 aliphatic carbocycles. The third-order valence-corrected chi connectivity index (χ3v) is 9.53. The second kappa shape index (κ2) is 11.1. The van der Waals surface area contributed by atoms with Gasteiger partial charge in [-0.1, -0.05) is 38.1 Å². The Labute approximate surface area is 227 Å². The normalized spacial score (nSPS) is 23.7. The predicted molar refractivity (Wildman–Crippen MR) is 155 cm³/mol. The van der Waals surface area contributed by atoms with Crippen LogP contribution in [0.2, 0.25) is 0 Å². The van der Waals surface area contributed by atoms with Crippen molar-refractivity contribution in [1.29, 1.82) is 0 Å². The van der Waals surface area contributed by atoms with Crippen LogP contribution in [0.5, 0.6) is 0 Å². The molecule has 3 aromatic rings. The van der Waals surface area contributed by atoms with E-state index in [-0.39, 0.29) is 5.92 Å². The summed E-state index contributed by atoms with van der Waals surface area (Å²) < 4.78 is 2.01. The smallest absolute Gasteiger partial charge is 0.225 e. The SMILES string of the molecule is CCN1CCC(c2ccc(-c3cc4c(N5CCN(C(=O)C6CCC(C)CC6)CC5)ccnn4c3)cc2)CC1. The molecule has 2 aromatic heterocycles. The maximum Gasteiger partial charge on any atom is 0.225 e. The second-order valence-electron chi connectivity index (χ2n) is 11.9. The van der Waals surface area contributed by atoms with Crippen molar-refractivity contribution >= 4 is 17.1 Å². The minimum absolute atomic E-state index is 0.245. The van der Waals surface area contributed by atoms with Gasteiger partial charge in [-0.15, -0.1) is 0 Å². The van der Waals surface area contributed by atoms with Crippen molar-refractivity contribution in [3.63, 3.8) is 0 Å². The van der Waals surface area contributed by atoms with E-state index in [0.717, 1.165) is 57.0 Å². The Balaban J connectivity index is 1.12. The van der Waals surface area contributed by atoms with Crippen molar-refractivity contribution in [2.45, 2.75) is 58.3 Å². The quantitative estimate of drug-likeness (QED) is 0.441. The summed E-state index contributed by atoms with van der Waals surface area (Å²) in [7, 11) is 0. The van der Waals surface area contributed by atoms with Gasteiger partial charge in [0.2, 0.25) is 5.91 Å². The van der Waals surface area contributed by atoms with Gasteiger partial charge in [-0.3, -0.25) is 4.79 Å². The maximum absolute atomic E-state index is 13.1. The lowest BCUT2D eigenvalue weighted by atomic mass is 9.82. The van der Waals surface area contributed by atoms with Gasteiger partial charge in [0, 0.05) is 50.1 Å². The molecule has 6 nitrogen and oxygen atoms in total. The number of nitrogens with zero attached hydrogens (tertiary/aromatic N) is 5. The molecule has 0 unspecified atom stereocenters. The van der Waals surface area contributed by atoms with E-state index in [1.807, 2.05) is 10.7 Å². The van der Waals surface area contributed by atoms with Crippen LogP contribution in [0.3, 0.4) is 0 Å². The number of carbonyl (C=O) groups excluding carboxylic acids is 1. The van der Waals surface area contributed by atoms with E-state index >= 15 is 0 Å². The number of anilines is 1. The zero-order valence-electron chi connectivity index (χ0n) is 23.2. The molecule has 0 bridgehead atoms. The number of hydrogen-bond donors (Lipinski definition) is 0. The minimum atomic E-state index is 0.245. The van der Waals surface area contributed by atoms with Crippen molar-refractivity contribution < 1.29 is 4.79 Å². The number of carbonyl (C=O) groups is 1. The minimum Gasteiger partial charge on any atom is -0.366 e. The van der Waals surface area contributed by atoms with Crippen molar-refractivity contribution in [1.82, 2.24) is 19.4 Å². The molecule has 0 spiro atoms. The highest BCUT2D eigenvalue weighted by molar-refractivity contribution is 5.81. The summed E-state index contributed by atoms with van der Waals surface area (Å²) in [6.07, 6.45) is 11.1. The molecule has 38 heavy (non-hydrogen) atoms. The summed E-state index contributed by atoms with van der Waals surface area (Å²) >= 11 is 0. The topological polar surface area (TPSA) is 44.1 Å². The summed E-state index contributed by atoms with van der Waals surface area (Å²) in [6, 6.07) is 13.6. The monoisotopic (exact) mass is 513 g/mol. The van der Waals surface area contributed by atoms with Crippen LogP contribution in [0.25, 0.3) is 16.6 Å². The summed E-state index contributed by atoms with van der Waals surface area (Å²) in [5, 5.41) is 4.62. The number of piperazine rings is 1. The van der Waals surface area contributed by atoms with Crippen LogP contribution in [0, 0.1) is 11.8 Å². The lowest BCUT2D eigenvalue weighted by molar-refractivity contribution is -0.137. The molecule has 2 aliphatic heterocycles. The lowest BCUT2D eigenvalue weighted by Gasteiger charge is -2.38. The standard InChI is InChI=1S/C32H43N5O/c1-3-34-16-13-27(14-17-34)25-8-10-26(11-9-25)29-22-31-30(12-15-33-37(31)23-29)35-18-20-36(21-19-35)32(38)28-6-4-24(2)5-7-28/h8-12,15,22-24,27-28H,3-7,13-14,16-21H2,1-2H3. The first kappa shape index (κ1) is 25.4. The fraction of sp³-hybridized carbons (Fsp3) is 0.562. The molecule has 6 rings (SSSR count). The van der Waals surface area contributed by atoms with E-state index in [0.29, 0.717) is 11.8 Å². The van der Waals surface area contributed by atoms with Crippen LogP contribution in [0.15, 0.2) is 48.8 Å². The number of piperidine rings is 1. The Morgan fingerprint density at radius 2 is 1.58 bits per heavy atom. The van der Waals surface area contributed by atoms with E-state index in [1.54, 1.807) is 0 Å². The molecule has 2 saturated heterocycles. The largest absolute Gasteiger partial charge is 0.366 e. The number of likely N-dealkylation sites (tertiary alicyclic amines) is 1. The summed E-state index contributed by atoms with van der Waals surface area (Å²) in [4.78, 5) is 20.2. The van der Waals surface area contributed by atoms with E-state index in [9.17, 15) is 4.79 Å².